The molecular formula is C18H17F2NOS. The van der Waals surface area contributed by atoms with Crippen LogP contribution in [0, 0.1) is 11.6 Å². The zero-order valence-corrected chi connectivity index (χ0v) is 13.5. The Labute approximate surface area is 138 Å². The zero-order valence-electron chi connectivity index (χ0n) is 12.7. The summed E-state index contributed by atoms with van der Waals surface area (Å²) in [5.41, 5.74) is 1.34. The van der Waals surface area contributed by atoms with Crippen LogP contribution in [0.3, 0.4) is 0 Å². The largest absolute Gasteiger partial charge is 0.325 e. The van der Waals surface area contributed by atoms with Crippen LogP contribution in [-0.4, -0.2) is 21.9 Å². The summed E-state index contributed by atoms with van der Waals surface area (Å²) in [7, 11) is 0. The van der Waals surface area contributed by atoms with E-state index in [1.807, 2.05) is 30.3 Å². The maximum absolute atomic E-state index is 13.9. The Balaban J connectivity index is 1.84. The van der Waals surface area contributed by atoms with Crippen LogP contribution >= 0.6 is 11.8 Å². The number of halogens is 2. The third-order valence-corrected chi connectivity index (χ3v) is 5.55. The van der Waals surface area contributed by atoms with Gasteiger partial charge in [0, 0.05) is 18.0 Å². The van der Waals surface area contributed by atoms with Crippen LogP contribution in [0.25, 0.3) is 0 Å². The van der Waals surface area contributed by atoms with Gasteiger partial charge in [-0.3, -0.25) is 4.79 Å². The molecule has 1 amide bonds. The molecule has 0 spiro atoms. The van der Waals surface area contributed by atoms with Crippen LogP contribution < -0.4 is 0 Å². The van der Waals surface area contributed by atoms with E-state index < -0.39 is 11.6 Å². The zero-order chi connectivity index (χ0) is 16.4. The van der Waals surface area contributed by atoms with Gasteiger partial charge >= 0.3 is 0 Å². The van der Waals surface area contributed by atoms with Crippen molar-refractivity contribution < 1.29 is 13.6 Å². The molecule has 0 saturated carbocycles. The number of hydrogen-bond donors (Lipinski definition) is 0. The second-order valence-corrected chi connectivity index (χ2v) is 6.74. The van der Waals surface area contributed by atoms with Crippen molar-refractivity contribution in [3.05, 3.63) is 71.3 Å². The molecular weight excluding hydrogens is 316 g/mol. The molecule has 1 fully saturated rings. The molecule has 2 nitrogen and oxygen atoms in total. The van der Waals surface area contributed by atoms with Crippen molar-refractivity contribution >= 4 is 17.7 Å². The number of rotatable bonds is 4. The minimum Gasteiger partial charge on any atom is -0.325 e. The summed E-state index contributed by atoms with van der Waals surface area (Å²) < 4.78 is 27.3. The molecule has 1 aliphatic heterocycles. The molecule has 2 unspecified atom stereocenters. The Bertz CT molecular complexity index is 707. The first kappa shape index (κ1) is 16.0. The highest BCUT2D eigenvalue weighted by Gasteiger charge is 2.36. The second-order valence-electron chi connectivity index (χ2n) is 5.64. The molecule has 0 aliphatic carbocycles. The van der Waals surface area contributed by atoms with Crippen molar-refractivity contribution in [3.63, 3.8) is 0 Å². The van der Waals surface area contributed by atoms with Crippen LogP contribution in [-0.2, 0) is 11.3 Å². The minimum absolute atomic E-state index is 0.0357. The molecule has 1 saturated heterocycles. The molecule has 2 atom stereocenters. The summed E-state index contributed by atoms with van der Waals surface area (Å²) in [5, 5.41) is -0.0763. The van der Waals surface area contributed by atoms with Gasteiger partial charge in [0.1, 0.15) is 0 Å². The van der Waals surface area contributed by atoms with Crippen LogP contribution in [0.1, 0.15) is 24.0 Å². The van der Waals surface area contributed by atoms with Gasteiger partial charge in [0.25, 0.3) is 0 Å². The topological polar surface area (TPSA) is 20.3 Å². The minimum atomic E-state index is -0.880. The fourth-order valence-electron chi connectivity index (χ4n) is 2.84. The maximum Gasteiger partial charge on any atom is 0.233 e. The lowest BCUT2D eigenvalue weighted by Gasteiger charge is -2.29. The quantitative estimate of drug-likeness (QED) is 0.837. The summed E-state index contributed by atoms with van der Waals surface area (Å²) in [6.07, 6.45) is 0. The van der Waals surface area contributed by atoms with Gasteiger partial charge in [-0.15, -0.1) is 11.8 Å². The molecule has 23 heavy (non-hydrogen) atoms. The van der Waals surface area contributed by atoms with Crippen molar-refractivity contribution in [1.82, 2.24) is 4.90 Å². The van der Waals surface area contributed by atoms with Crippen molar-refractivity contribution in [1.29, 1.82) is 0 Å². The Hall–Kier alpha value is -1.88. The van der Waals surface area contributed by atoms with E-state index in [0.717, 1.165) is 11.6 Å². The van der Waals surface area contributed by atoms with E-state index in [2.05, 4.69) is 6.92 Å². The van der Waals surface area contributed by atoms with Gasteiger partial charge in [0.15, 0.2) is 11.6 Å². The molecule has 0 N–H and O–H groups in total. The highest BCUT2D eigenvalue weighted by molar-refractivity contribution is 8.01. The maximum atomic E-state index is 13.9. The third kappa shape index (κ3) is 3.24. The molecule has 1 heterocycles. The smallest absolute Gasteiger partial charge is 0.233 e. The number of benzene rings is 2. The van der Waals surface area contributed by atoms with Gasteiger partial charge in [0.05, 0.1) is 11.1 Å². The van der Waals surface area contributed by atoms with E-state index in [4.69, 9.17) is 0 Å². The number of carbonyl (C=O) groups is 1. The molecule has 120 valence electrons. The molecule has 3 rings (SSSR count). The highest BCUT2D eigenvalue weighted by Crippen LogP contribution is 2.37. The van der Waals surface area contributed by atoms with Crippen LogP contribution in [0.15, 0.2) is 48.5 Å². The van der Waals surface area contributed by atoms with E-state index in [-0.39, 0.29) is 29.3 Å². The third-order valence-electron chi connectivity index (χ3n) is 4.13. The van der Waals surface area contributed by atoms with Crippen LogP contribution in [0.2, 0.25) is 0 Å². The summed E-state index contributed by atoms with van der Waals surface area (Å²) >= 11 is 1.55. The number of hydrogen-bond acceptors (Lipinski definition) is 2. The standard InChI is InChI=1S/C18H17F2NOS/c1-12(13-6-3-2-4-7-13)18-21(16(22)11-23-18)10-14-8-5-9-15(19)17(14)20/h2-9,12,18H,10-11H2,1H3. The molecule has 2 aromatic carbocycles. The van der Waals surface area contributed by atoms with E-state index in [0.29, 0.717) is 5.75 Å². The monoisotopic (exact) mass is 333 g/mol. The van der Waals surface area contributed by atoms with Gasteiger partial charge in [-0.2, -0.15) is 0 Å². The molecule has 0 bridgehead atoms. The lowest BCUT2D eigenvalue weighted by molar-refractivity contribution is -0.128. The lowest BCUT2D eigenvalue weighted by Crippen LogP contribution is -2.35. The highest BCUT2D eigenvalue weighted by atomic mass is 32.2. The van der Waals surface area contributed by atoms with Gasteiger partial charge in [-0.25, -0.2) is 8.78 Å². The summed E-state index contributed by atoms with van der Waals surface area (Å²) in [6.45, 7) is 2.15. The van der Waals surface area contributed by atoms with E-state index >= 15 is 0 Å². The van der Waals surface area contributed by atoms with Crippen molar-refractivity contribution in [3.8, 4) is 0 Å². The Morgan fingerprint density at radius 1 is 1.17 bits per heavy atom. The Morgan fingerprint density at radius 2 is 1.91 bits per heavy atom. The van der Waals surface area contributed by atoms with E-state index in [1.54, 1.807) is 16.7 Å². The molecule has 1 aliphatic rings. The van der Waals surface area contributed by atoms with Crippen LogP contribution in [0.4, 0.5) is 8.78 Å². The number of thioether (sulfide) groups is 1. The normalized spacial score (nSPS) is 19.2. The van der Waals surface area contributed by atoms with Crippen LogP contribution in [0.5, 0.6) is 0 Å². The molecule has 5 heteroatoms. The number of nitrogens with zero attached hydrogens (tertiary/aromatic N) is 1. The SMILES string of the molecule is CC(c1ccccc1)C1SCC(=O)N1Cc1cccc(F)c1F. The fourth-order valence-corrected chi connectivity index (χ4v) is 4.14. The Kier molecular flexibility index (Phi) is 4.66. The van der Waals surface area contributed by atoms with Crippen molar-refractivity contribution in [2.24, 2.45) is 0 Å². The average molecular weight is 333 g/mol. The number of carbonyl (C=O) groups excluding carboxylic acids is 1. The first-order chi connectivity index (χ1) is 11.1. The predicted octanol–water partition coefficient (Wildman–Crippen LogP) is 4.17. The van der Waals surface area contributed by atoms with Gasteiger partial charge in [-0.1, -0.05) is 49.4 Å². The second kappa shape index (κ2) is 6.71. The predicted molar refractivity (Wildman–Crippen MR) is 88.0 cm³/mol. The summed E-state index contributed by atoms with van der Waals surface area (Å²) in [5.74, 6) is -1.30. The van der Waals surface area contributed by atoms with Gasteiger partial charge < -0.3 is 4.90 Å². The van der Waals surface area contributed by atoms with Gasteiger partial charge in [0.2, 0.25) is 5.91 Å². The first-order valence-electron chi connectivity index (χ1n) is 7.47. The molecule has 2 aromatic rings. The Morgan fingerprint density at radius 3 is 2.65 bits per heavy atom. The van der Waals surface area contributed by atoms with Crippen molar-refractivity contribution in [2.75, 3.05) is 5.75 Å². The summed E-state index contributed by atoms with van der Waals surface area (Å²) in [6, 6.07) is 14.0. The molecule has 0 radical (unpaired) electrons. The van der Waals surface area contributed by atoms with Gasteiger partial charge in [-0.05, 0) is 11.6 Å². The lowest BCUT2D eigenvalue weighted by atomic mass is 10.00. The van der Waals surface area contributed by atoms with Crippen molar-refractivity contribution in [2.45, 2.75) is 24.8 Å². The molecule has 0 aromatic heterocycles. The van der Waals surface area contributed by atoms with E-state index in [1.165, 1.54) is 12.1 Å². The average Bonchev–Trinajstić information content (AvgIpc) is 2.93. The van der Waals surface area contributed by atoms with E-state index in [9.17, 15) is 13.6 Å². The summed E-state index contributed by atoms with van der Waals surface area (Å²) in [4.78, 5) is 13.9. The first-order valence-corrected chi connectivity index (χ1v) is 8.51. The number of amides is 1. The fraction of sp³-hybridized carbons (Fsp3) is 0.278.